The number of fused-ring (bicyclic) bond motifs is 1. The molecule has 68 valence electrons. The van der Waals surface area contributed by atoms with Gasteiger partial charge in [0, 0.05) is 10.9 Å². The van der Waals surface area contributed by atoms with Crippen molar-refractivity contribution in [3.63, 3.8) is 0 Å². The normalized spacial score (nSPS) is 11.4. The molecule has 0 saturated carbocycles. The lowest BCUT2D eigenvalue weighted by atomic mass is 10.0. The third kappa shape index (κ3) is 1.35. The van der Waals surface area contributed by atoms with E-state index in [9.17, 15) is 0 Å². The monoisotopic (exact) mass is 174 g/mol. The van der Waals surface area contributed by atoms with Crippen molar-refractivity contribution in [2.45, 2.75) is 26.7 Å². The molecule has 1 heterocycles. The van der Waals surface area contributed by atoms with Gasteiger partial charge >= 0.3 is 0 Å². The van der Waals surface area contributed by atoms with Gasteiger partial charge in [-0.2, -0.15) is 0 Å². The second-order valence-corrected chi connectivity index (χ2v) is 3.85. The first-order valence-corrected chi connectivity index (χ1v) is 4.66. The molecule has 0 saturated heterocycles. The fourth-order valence-corrected chi connectivity index (χ4v) is 1.61. The van der Waals surface area contributed by atoms with E-state index in [1.54, 1.807) is 0 Å². The van der Waals surface area contributed by atoms with Gasteiger partial charge in [0.25, 0.3) is 0 Å². The Kier molecular flexibility index (Phi) is 1.87. The van der Waals surface area contributed by atoms with E-state index in [0.29, 0.717) is 5.92 Å². The van der Waals surface area contributed by atoms with Crippen LogP contribution in [0.15, 0.2) is 28.9 Å². The number of benzene rings is 1. The summed E-state index contributed by atoms with van der Waals surface area (Å²) in [6, 6.07) is 6.31. The van der Waals surface area contributed by atoms with Gasteiger partial charge in [0.1, 0.15) is 5.58 Å². The summed E-state index contributed by atoms with van der Waals surface area (Å²) in [6.45, 7) is 6.48. The second-order valence-electron chi connectivity index (χ2n) is 3.85. The standard InChI is InChI=1S/C12H14O/c1-8(2)11-7-13-12-5-4-9(3)6-10(11)12/h4-8H,1-3H3. The van der Waals surface area contributed by atoms with E-state index in [4.69, 9.17) is 4.42 Å². The highest BCUT2D eigenvalue weighted by atomic mass is 16.3. The Bertz CT molecular complexity index is 424. The van der Waals surface area contributed by atoms with Crippen molar-refractivity contribution in [2.75, 3.05) is 0 Å². The molecule has 1 aromatic heterocycles. The van der Waals surface area contributed by atoms with Crippen LogP contribution in [0, 0.1) is 6.92 Å². The van der Waals surface area contributed by atoms with Crippen LogP contribution in [0.25, 0.3) is 11.0 Å². The zero-order valence-corrected chi connectivity index (χ0v) is 8.29. The lowest BCUT2D eigenvalue weighted by Gasteiger charge is -2.00. The van der Waals surface area contributed by atoms with Gasteiger partial charge < -0.3 is 4.42 Å². The average Bonchev–Trinajstić information content (AvgIpc) is 2.46. The van der Waals surface area contributed by atoms with Crippen LogP contribution < -0.4 is 0 Å². The highest BCUT2D eigenvalue weighted by molar-refractivity contribution is 5.82. The highest BCUT2D eigenvalue weighted by Crippen LogP contribution is 2.27. The molecule has 0 aliphatic rings. The Balaban J connectivity index is 2.71. The number of furan rings is 1. The summed E-state index contributed by atoms with van der Waals surface area (Å²) < 4.78 is 5.47. The Morgan fingerprint density at radius 2 is 2.00 bits per heavy atom. The van der Waals surface area contributed by atoms with Crippen LogP contribution in [0.2, 0.25) is 0 Å². The van der Waals surface area contributed by atoms with Crippen LogP contribution in [0.5, 0.6) is 0 Å². The van der Waals surface area contributed by atoms with Gasteiger partial charge in [-0.3, -0.25) is 0 Å². The SMILES string of the molecule is Cc1ccc2occ(C(C)C)c2c1. The predicted octanol–water partition coefficient (Wildman–Crippen LogP) is 3.86. The van der Waals surface area contributed by atoms with Crippen LogP contribution in [0.4, 0.5) is 0 Å². The predicted molar refractivity (Wildman–Crippen MR) is 55.0 cm³/mol. The lowest BCUT2D eigenvalue weighted by Crippen LogP contribution is -1.83. The van der Waals surface area contributed by atoms with Crippen molar-refractivity contribution < 1.29 is 4.42 Å². The van der Waals surface area contributed by atoms with Crippen LogP contribution in [0.3, 0.4) is 0 Å². The summed E-state index contributed by atoms with van der Waals surface area (Å²) in [5.41, 5.74) is 3.59. The van der Waals surface area contributed by atoms with Crippen molar-refractivity contribution in [1.29, 1.82) is 0 Å². The second kappa shape index (κ2) is 2.91. The lowest BCUT2D eigenvalue weighted by molar-refractivity contribution is 0.606. The quantitative estimate of drug-likeness (QED) is 0.639. The molecule has 0 N–H and O–H groups in total. The minimum Gasteiger partial charge on any atom is -0.464 e. The zero-order valence-electron chi connectivity index (χ0n) is 8.29. The Morgan fingerprint density at radius 1 is 1.23 bits per heavy atom. The maximum absolute atomic E-state index is 5.47. The molecule has 1 aromatic carbocycles. The van der Waals surface area contributed by atoms with Gasteiger partial charge in [-0.05, 0) is 25.0 Å². The maximum atomic E-state index is 5.47. The first-order valence-electron chi connectivity index (χ1n) is 4.66. The summed E-state index contributed by atoms with van der Waals surface area (Å²) in [4.78, 5) is 0. The number of hydrogen-bond acceptors (Lipinski definition) is 1. The molecule has 0 aliphatic heterocycles. The zero-order chi connectivity index (χ0) is 9.42. The van der Waals surface area contributed by atoms with E-state index < -0.39 is 0 Å². The first-order chi connectivity index (χ1) is 6.18. The van der Waals surface area contributed by atoms with Crippen molar-refractivity contribution in [2.24, 2.45) is 0 Å². The smallest absolute Gasteiger partial charge is 0.134 e. The molecular weight excluding hydrogens is 160 g/mol. The van der Waals surface area contributed by atoms with Gasteiger partial charge in [0.05, 0.1) is 6.26 Å². The molecule has 0 atom stereocenters. The molecule has 0 fully saturated rings. The molecule has 13 heavy (non-hydrogen) atoms. The summed E-state index contributed by atoms with van der Waals surface area (Å²) in [6.07, 6.45) is 1.87. The first kappa shape index (κ1) is 8.36. The molecule has 0 unspecified atom stereocenters. The van der Waals surface area contributed by atoms with Crippen LogP contribution in [-0.4, -0.2) is 0 Å². The Morgan fingerprint density at radius 3 is 2.69 bits per heavy atom. The molecule has 0 radical (unpaired) electrons. The third-order valence-electron chi connectivity index (χ3n) is 2.38. The number of hydrogen-bond donors (Lipinski definition) is 0. The van der Waals surface area contributed by atoms with Crippen LogP contribution in [-0.2, 0) is 0 Å². The highest BCUT2D eigenvalue weighted by Gasteiger charge is 2.08. The van der Waals surface area contributed by atoms with Gasteiger partial charge in [-0.25, -0.2) is 0 Å². The van der Waals surface area contributed by atoms with Gasteiger partial charge in [-0.15, -0.1) is 0 Å². The van der Waals surface area contributed by atoms with Gasteiger partial charge in [0.15, 0.2) is 0 Å². The molecule has 1 nitrogen and oxygen atoms in total. The molecule has 1 heteroatoms. The minimum absolute atomic E-state index is 0.531. The molecule has 0 amide bonds. The van der Waals surface area contributed by atoms with Crippen molar-refractivity contribution in [3.05, 3.63) is 35.6 Å². The van der Waals surface area contributed by atoms with E-state index in [-0.39, 0.29) is 0 Å². The topological polar surface area (TPSA) is 13.1 Å². The molecule has 0 bridgehead atoms. The molecule has 2 rings (SSSR count). The summed E-state index contributed by atoms with van der Waals surface area (Å²) in [7, 11) is 0. The van der Waals surface area contributed by atoms with E-state index in [2.05, 4.69) is 32.9 Å². The molecular formula is C12H14O. The third-order valence-corrected chi connectivity index (χ3v) is 2.38. The van der Waals surface area contributed by atoms with Crippen LogP contribution in [0.1, 0.15) is 30.9 Å². The van der Waals surface area contributed by atoms with Gasteiger partial charge in [0.2, 0.25) is 0 Å². The maximum Gasteiger partial charge on any atom is 0.134 e. The number of rotatable bonds is 1. The van der Waals surface area contributed by atoms with Crippen molar-refractivity contribution in [1.82, 2.24) is 0 Å². The van der Waals surface area contributed by atoms with Crippen LogP contribution >= 0.6 is 0 Å². The van der Waals surface area contributed by atoms with E-state index in [1.165, 1.54) is 16.5 Å². The van der Waals surface area contributed by atoms with E-state index >= 15 is 0 Å². The largest absolute Gasteiger partial charge is 0.464 e. The molecule has 2 aromatic rings. The number of aryl methyl sites for hydroxylation is 1. The average molecular weight is 174 g/mol. The fraction of sp³-hybridized carbons (Fsp3) is 0.333. The summed E-state index contributed by atoms with van der Waals surface area (Å²) in [5.74, 6) is 0.531. The molecule has 0 aliphatic carbocycles. The molecule has 0 spiro atoms. The Hall–Kier alpha value is -1.24. The summed E-state index contributed by atoms with van der Waals surface area (Å²) >= 11 is 0. The minimum atomic E-state index is 0.531. The fourth-order valence-electron chi connectivity index (χ4n) is 1.61. The van der Waals surface area contributed by atoms with Crippen molar-refractivity contribution >= 4 is 11.0 Å². The van der Waals surface area contributed by atoms with Gasteiger partial charge in [-0.1, -0.05) is 25.5 Å². The van der Waals surface area contributed by atoms with E-state index in [0.717, 1.165) is 5.58 Å². The Labute approximate surface area is 78.4 Å². The summed E-state index contributed by atoms with van der Waals surface area (Å²) in [5, 5.41) is 1.26. The van der Waals surface area contributed by atoms with E-state index in [1.807, 2.05) is 12.3 Å². The van der Waals surface area contributed by atoms with Crippen molar-refractivity contribution in [3.8, 4) is 0 Å².